The largest absolute Gasteiger partial charge is 0.496 e. The maximum Gasteiger partial charge on any atom is 0.296 e. The van der Waals surface area contributed by atoms with Gasteiger partial charge < -0.3 is 10.1 Å². The topological polar surface area (TPSA) is 110 Å². The lowest BCUT2D eigenvalue weighted by atomic mass is 10.1. The highest BCUT2D eigenvalue weighted by Crippen LogP contribution is 2.30. The third-order valence-electron chi connectivity index (χ3n) is 3.69. The first-order valence-corrected chi connectivity index (χ1v) is 8.29. The van der Waals surface area contributed by atoms with Crippen molar-refractivity contribution in [2.45, 2.75) is 0 Å². The highest BCUT2D eigenvalue weighted by Gasteiger charge is 2.19. The maximum absolute atomic E-state index is 12.4. The highest BCUT2D eigenvalue weighted by atomic mass is 35.5. The fourth-order valence-electron chi connectivity index (χ4n) is 2.33. The van der Waals surface area contributed by atoms with Crippen LogP contribution in [-0.4, -0.2) is 28.1 Å². The van der Waals surface area contributed by atoms with E-state index in [1.54, 1.807) is 18.2 Å². The van der Waals surface area contributed by atoms with Crippen molar-refractivity contribution in [3.8, 4) is 17.0 Å². The molecular weight excluding hydrogens is 395 g/mol. The molecule has 0 saturated heterocycles. The number of nitro groups is 1. The minimum absolute atomic E-state index is 0.0384. The van der Waals surface area contributed by atoms with Gasteiger partial charge in [-0.05, 0) is 30.3 Å². The fraction of sp³-hybridized carbons (Fsp3) is 0.0588. The van der Waals surface area contributed by atoms with Crippen LogP contribution in [0.2, 0.25) is 10.0 Å². The molecule has 2 aromatic carbocycles. The molecule has 0 bridgehead atoms. The number of aromatic nitrogens is 2. The number of aromatic amines is 1. The molecule has 0 unspecified atom stereocenters. The van der Waals surface area contributed by atoms with Crippen molar-refractivity contribution in [3.63, 3.8) is 0 Å². The number of methoxy groups -OCH3 is 1. The molecule has 0 aliphatic heterocycles. The van der Waals surface area contributed by atoms with Gasteiger partial charge in [-0.3, -0.25) is 20.0 Å². The first kappa shape index (κ1) is 18.7. The van der Waals surface area contributed by atoms with E-state index in [2.05, 4.69) is 15.5 Å². The molecule has 0 aliphatic carbocycles. The summed E-state index contributed by atoms with van der Waals surface area (Å²) in [6, 6.07) is 10.6. The smallest absolute Gasteiger partial charge is 0.296 e. The number of benzene rings is 2. The van der Waals surface area contributed by atoms with Gasteiger partial charge >= 0.3 is 0 Å². The molecule has 3 aromatic rings. The number of halogens is 2. The zero-order chi connectivity index (χ0) is 19.6. The number of anilines is 1. The number of nitrogens with one attached hydrogen (secondary N) is 2. The van der Waals surface area contributed by atoms with Crippen LogP contribution in [0.3, 0.4) is 0 Å². The molecule has 27 heavy (non-hydrogen) atoms. The molecule has 0 spiro atoms. The van der Waals surface area contributed by atoms with E-state index in [1.165, 1.54) is 31.4 Å². The third kappa shape index (κ3) is 4.02. The van der Waals surface area contributed by atoms with Crippen molar-refractivity contribution in [1.82, 2.24) is 10.2 Å². The maximum atomic E-state index is 12.4. The van der Waals surface area contributed by atoms with Gasteiger partial charge in [-0.25, -0.2) is 0 Å². The number of amides is 1. The van der Waals surface area contributed by atoms with Gasteiger partial charge in [0.25, 0.3) is 11.6 Å². The van der Waals surface area contributed by atoms with Crippen molar-refractivity contribution < 1.29 is 14.5 Å². The average Bonchev–Trinajstić information content (AvgIpc) is 3.14. The van der Waals surface area contributed by atoms with Crippen LogP contribution >= 0.6 is 23.2 Å². The van der Waals surface area contributed by atoms with Crippen LogP contribution in [0.1, 0.15) is 10.5 Å². The number of carbonyl (C=O) groups excluding carboxylic acids is 1. The Balaban J connectivity index is 1.84. The van der Waals surface area contributed by atoms with Gasteiger partial charge in [-0.15, -0.1) is 0 Å². The lowest BCUT2D eigenvalue weighted by Crippen LogP contribution is -2.13. The lowest BCUT2D eigenvalue weighted by molar-refractivity contribution is -0.384. The Bertz CT molecular complexity index is 1040. The number of nitrogens with zero attached hydrogens (tertiary/aromatic N) is 2. The zero-order valence-electron chi connectivity index (χ0n) is 13.8. The Labute approximate surface area is 163 Å². The Hall–Kier alpha value is -3.10. The summed E-state index contributed by atoms with van der Waals surface area (Å²) in [5.74, 6) is -0.273. The van der Waals surface area contributed by atoms with Crippen LogP contribution in [0, 0.1) is 10.1 Å². The molecule has 8 nitrogen and oxygen atoms in total. The van der Waals surface area contributed by atoms with Crippen molar-refractivity contribution in [2.24, 2.45) is 0 Å². The molecule has 10 heteroatoms. The van der Waals surface area contributed by atoms with Gasteiger partial charge in [-0.1, -0.05) is 29.3 Å². The summed E-state index contributed by atoms with van der Waals surface area (Å²) in [5.41, 5.74) is 1.02. The van der Waals surface area contributed by atoms with E-state index in [0.29, 0.717) is 27.1 Å². The molecule has 1 amide bonds. The van der Waals surface area contributed by atoms with E-state index in [1.807, 2.05) is 0 Å². The van der Waals surface area contributed by atoms with Crippen LogP contribution in [0.5, 0.6) is 5.75 Å². The van der Waals surface area contributed by atoms with Crippen molar-refractivity contribution in [2.75, 3.05) is 12.4 Å². The Morgan fingerprint density at radius 1 is 1.19 bits per heavy atom. The van der Waals surface area contributed by atoms with Gasteiger partial charge in [0.05, 0.1) is 33.8 Å². The number of H-pyrrole nitrogens is 1. The molecule has 0 saturated carbocycles. The fourth-order valence-corrected chi connectivity index (χ4v) is 2.62. The van der Waals surface area contributed by atoms with Crippen LogP contribution in [-0.2, 0) is 0 Å². The molecule has 3 rings (SSSR count). The van der Waals surface area contributed by atoms with Crippen LogP contribution in [0.25, 0.3) is 11.3 Å². The second-order valence-electron chi connectivity index (χ2n) is 5.39. The number of rotatable bonds is 5. The standard InChI is InChI=1S/C17H12Cl2N4O4/c1-27-10-3-5-13(16(7-10)23(25)26)20-17(24)15-8-14(21-22-15)9-2-4-11(18)12(19)6-9/h2-8H,1H3,(H,20,24)(H,21,22). The predicted octanol–water partition coefficient (Wildman–Crippen LogP) is 4.55. The molecule has 1 aromatic heterocycles. The second kappa shape index (κ2) is 7.65. The minimum Gasteiger partial charge on any atom is -0.496 e. The number of hydrogen-bond donors (Lipinski definition) is 2. The van der Waals surface area contributed by atoms with E-state index in [4.69, 9.17) is 27.9 Å². The summed E-state index contributed by atoms with van der Waals surface area (Å²) in [5, 5.41) is 21.1. The van der Waals surface area contributed by atoms with E-state index in [9.17, 15) is 14.9 Å². The molecular formula is C17H12Cl2N4O4. The van der Waals surface area contributed by atoms with Gasteiger partial charge in [-0.2, -0.15) is 5.10 Å². The number of nitro benzene ring substituents is 1. The SMILES string of the molecule is COc1ccc(NC(=O)c2cc(-c3ccc(Cl)c(Cl)c3)n[nH]2)c([N+](=O)[O-])c1. The summed E-state index contributed by atoms with van der Waals surface area (Å²) in [6.45, 7) is 0. The molecule has 138 valence electrons. The summed E-state index contributed by atoms with van der Waals surface area (Å²) in [4.78, 5) is 23.0. The Morgan fingerprint density at radius 3 is 2.63 bits per heavy atom. The minimum atomic E-state index is -0.605. The van der Waals surface area contributed by atoms with Crippen LogP contribution in [0.4, 0.5) is 11.4 Å². The van der Waals surface area contributed by atoms with Gasteiger partial charge in [0.2, 0.25) is 0 Å². The van der Waals surface area contributed by atoms with E-state index in [-0.39, 0.29) is 17.1 Å². The quantitative estimate of drug-likeness (QED) is 0.476. The molecule has 0 radical (unpaired) electrons. The van der Waals surface area contributed by atoms with Crippen molar-refractivity contribution in [3.05, 3.63) is 68.3 Å². The van der Waals surface area contributed by atoms with Gasteiger partial charge in [0.1, 0.15) is 17.1 Å². The monoisotopic (exact) mass is 406 g/mol. The first-order valence-electron chi connectivity index (χ1n) is 7.53. The van der Waals surface area contributed by atoms with Crippen LogP contribution < -0.4 is 10.1 Å². The highest BCUT2D eigenvalue weighted by molar-refractivity contribution is 6.42. The van der Waals surface area contributed by atoms with E-state index >= 15 is 0 Å². The first-order chi connectivity index (χ1) is 12.9. The van der Waals surface area contributed by atoms with Crippen molar-refractivity contribution >= 4 is 40.5 Å². The lowest BCUT2D eigenvalue weighted by Gasteiger charge is -2.06. The molecule has 0 atom stereocenters. The summed E-state index contributed by atoms with van der Waals surface area (Å²) >= 11 is 11.9. The normalized spacial score (nSPS) is 10.5. The Kier molecular flexibility index (Phi) is 5.29. The number of ether oxygens (including phenoxy) is 1. The van der Waals surface area contributed by atoms with E-state index < -0.39 is 10.8 Å². The van der Waals surface area contributed by atoms with Gasteiger partial charge in [0, 0.05) is 5.56 Å². The molecule has 0 fully saturated rings. The summed E-state index contributed by atoms with van der Waals surface area (Å²) in [6.07, 6.45) is 0. The summed E-state index contributed by atoms with van der Waals surface area (Å²) in [7, 11) is 1.40. The van der Waals surface area contributed by atoms with E-state index in [0.717, 1.165) is 0 Å². The molecule has 1 heterocycles. The molecule has 2 N–H and O–H groups in total. The molecule has 0 aliphatic rings. The van der Waals surface area contributed by atoms with Gasteiger partial charge in [0.15, 0.2) is 0 Å². The Morgan fingerprint density at radius 2 is 1.96 bits per heavy atom. The zero-order valence-corrected chi connectivity index (χ0v) is 15.3. The summed E-state index contributed by atoms with van der Waals surface area (Å²) < 4.78 is 4.97. The van der Waals surface area contributed by atoms with Crippen LogP contribution in [0.15, 0.2) is 42.5 Å². The average molecular weight is 407 g/mol. The second-order valence-corrected chi connectivity index (χ2v) is 6.20. The predicted molar refractivity (Wildman–Crippen MR) is 102 cm³/mol. The van der Waals surface area contributed by atoms with Crippen molar-refractivity contribution in [1.29, 1.82) is 0 Å². The third-order valence-corrected chi connectivity index (χ3v) is 4.43. The number of carbonyl (C=O) groups is 1. The number of hydrogen-bond acceptors (Lipinski definition) is 5.